The molecule has 29 heavy (non-hydrogen) atoms. The molecule has 3 rings (SSSR count). The van der Waals surface area contributed by atoms with Gasteiger partial charge in [-0.3, -0.25) is 4.79 Å². The van der Waals surface area contributed by atoms with E-state index in [9.17, 15) is 4.79 Å². The molecule has 0 unspecified atom stereocenters. The molecule has 0 bridgehead atoms. The molecule has 0 saturated heterocycles. The Bertz CT molecular complexity index is 990. The van der Waals surface area contributed by atoms with Crippen molar-refractivity contribution in [1.82, 2.24) is 30.0 Å². The lowest BCUT2D eigenvalue weighted by molar-refractivity contribution is 0.0948. The number of hydrogen-bond acceptors (Lipinski definition) is 8. The van der Waals surface area contributed by atoms with E-state index in [4.69, 9.17) is 0 Å². The average molecular weight is 432 g/mol. The van der Waals surface area contributed by atoms with Crippen molar-refractivity contribution in [2.24, 2.45) is 5.92 Å². The number of nitrogens with zero attached hydrogens (tertiary/aromatic N) is 5. The Balaban J connectivity index is 1.73. The van der Waals surface area contributed by atoms with Crippen molar-refractivity contribution < 1.29 is 4.79 Å². The molecule has 0 atom stereocenters. The van der Waals surface area contributed by atoms with Crippen LogP contribution in [-0.2, 0) is 6.54 Å². The van der Waals surface area contributed by atoms with Crippen LogP contribution in [0.2, 0.25) is 0 Å². The second-order valence-corrected chi connectivity index (χ2v) is 8.32. The van der Waals surface area contributed by atoms with Gasteiger partial charge in [-0.2, -0.15) is 5.10 Å². The number of aromatic nitrogens is 5. The fraction of sp³-hybridized carbons (Fsp3) is 0.421. The molecule has 2 N–H and O–H groups in total. The molecule has 0 radical (unpaired) electrons. The largest absolute Gasteiger partial charge is 0.369 e. The topological polar surface area (TPSA) is 97.6 Å². The number of carbonyl (C=O) groups is 1. The highest BCUT2D eigenvalue weighted by Gasteiger charge is 2.14. The highest BCUT2D eigenvalue weighted by molar-refractivity contribution is 7.98. The van der Waals surface area contributed by atoms with E-state index < -0.39 is 0 Å². The third kappa shape index (κ3) is 5.18. The predicted octanol–water partition coefficient (Wildman–Crippen LogP) is 3.16. The highest BCUT2D eigenvalue weighted by Crippen LogP contribution is 2.23. The van der Waals surface area contributed by atoms with Gasteiger partial charge in [0.15, 0.2) is 10.8 Å². The molecule has 0 aliphatic heterocycles. The summed E-state index contributed by atoms with van der Waals surface area (Å²) in [6, 6.07) is 3.55. The molecule has 0 aromatic carbocycles. The first-order chi connectivity index (χ1) is 14.0. The Kier molecular flexibility index (Phi) is 7.32. The molecule has 0 fully saturated rings. The number of anilines is 1. The van der Waals surface area contributed by atoms with E-state index in [1.165, 1.54) is 23.5 Å². The Labute approximate surface area is 178 Å². The molecule has 1 amide bonds. The van der Waals surface area contributed by atoms with Crippen LogP contribution in [0.5, 0.6) is 0 Å². The summed E-state index contributed by atoms with van der Waals surface area (Å²) in [6.07, 6.45) is 7.32. The van der Waals surface area contributed by atoms with Crippen LogP contribution in [0.3, 0.4) is 0 Å². The van der Waals surface area contributed by atoms with Gasteiger partial charge in [0.2, 0.25) is 0 Å². The van der Waals surface area contributed by atoms with Crippen molar-refractivity contribution in [2.75, 3.05) is 30.9 Å². The molecular formula is C19H25N7OS2. The Morgan fingerprint density at radius 1 is 1.24 bits per heavy atom. The van der Waals surface area contributed by atoms with Gasteiger partial charge in [-0.15, -0.1) is 11.8 Å². The minimum atomic E-state index is -0.141. The van der Waals surface area contributed by atoms with Crippen LogP contribution in [0.15, 0.2) is 34.7 Å². The van der Waals surface area contributed by atoms with Gasteiger partial charge in [0, 0.05) is 19.3 Å². The van der Waals surface area contributed by atoms with Gasteiger partial charge in [-0.1, -0.05) is 25.6 Å². The van der Waals surface area contributed by atoms with Crippen LogP contribution in [0.1, 0.15) is 24.2 Å². The van der Waals surface area contributed by atoms with Crippen molar-refractivity contribution in [3.8, 4) is 0 Å². The fourth-order valence-corrected chi connectivity index (χ4v) is 3.63. The van der Waals surface area contributed by atoms with E-state index >= 15 is 0 Å². The zero-order valence-electron chi connectivity index (χ0n) is 17.0. The zero-order chi connectivity index (χ0) is 20.8. The van der Waals surface area contributed by atoms with Crippen LogP contribution in [0.25, 0.3) is 11.0 Å². The lowest BCUT2D eigenvalue weighted by Gasteiger charge is -2.11. The van der Waals surface area contributed by atoms with Crippen molar-refractivity contribution >= 4 is 46.3 Å². The van der Waals surface area contributed by atoms with E-state index in [2.05, 4.69) is 44.5 Å². The fourth-order valence-electron chi connectivity index (χ4n) is 2.72. The summed E-state index contributed by atoms with van der Waals surface area (Å²) < 4.78 is 1.80. The summed E-state index contributed by atoms with van der Waals surface area (Å²) in [5.41, 5.74) is 1.34. The number of nitrogens with one attached hydrogen (secondary N) is 2. The zero-order valence-corrected chi connectivity index (χ0v) is 18.6. The maximum absolute atomic E-state index is 12.5. The number of pyridine rings is 1. The van der Waals surface area contributed by atoms with E-state index in [0.29, 0.717) is 34.8 Å². The summed E-state index contributed by atoms with van der Waals surface area (Å²) in [5, 5.41) is 13.1. The van der Waals surface area contributed by atoms with Crippen LogP contribution in [0.4, 0.5) is 5.82 Å². The minimum Gasteiger partial charge on any atom is -0.369 e. The first-order valence-electron chi connectivity index (χ1n) is 9.32. The molecule has 8 nitrogen and oxygen atoms in total. The third-order valence-electron chi connectivity index (χ3n) is 4.15. The van der Waals surface area contributed by atoms with Crippen LogP contribution in [-0.4, -0.2) is 56.2 Å². The maximum atomic E-state index is 12.5. The number of thioether (sulfide) groups is 2. The molecule has 0 aliphatic carbocycles. The Morgan fingerprint density at radius 3 is 2.79 bits per heavy atom. The lowest BCUT2D eigenvalue weighted by atomic mass is 10.2. The first kappa shape index (κ1) is 21.4. The molecule has 0 saturated carbocycles. The van der Waals surface area contributed by atoms with Gasteiger partial charge in [-0.25, -0.2) is 19.6 Å². The molecule has 10 heteroatoms. The van der Waals surface area contributed by atoms with Crippen LogP contribution in [0, 0.1) is 5.92 Å². The summed E-state index contributed by atoms with van der Waals surface area (Å²) in [6.45, 7) is 6.07. The molecule has 0 spiro atoms. The highest BCUT2D eigenvalue weighted by atomic mass is 32.2. The number of rotatable bonds is 9. The Morgan fingerprint density at radius 2 is 2.07 bits per heavy atom. The van der Waals surface area contributed by atoms with Gasteiger partial charge in [-0.05, 0) is 30.6 Å². The monoisotopic (exact) mass is 431 g/mol. The SMILES string of the molecule is CSc1nc(NCC(C)C)c2cnn(CCNC(=O)c3cccnc3SC)c2n1. The van der Waals surface area contributed by atoms with Crippen molar-refractivity contribution in [2.45, 2.75) is 30.6 Å². The van der Waals surface area contributed by atoms with E-state index in [-0.39, 0.29) is 5.91 Å². The first-order valence-corrected chi connectivity index (χ1v) is 11.8. The smallest absolute Gasteiger partial charge is 0.254 e. The number of fused-ring (bicyclic) bond motifs is 1. The van der Waals surface area contributed by atoms with E-state index in [1.54, 1.807) is 29.2 Å². The van der Waals surface area contributed by atoms with Crippen molar-refractivity contribution in [3.63, 3.8) is 0 Å². The Hall–Kier alpha value is -2.33. The minimum absolute atomic E-state index is 0.141. The van der Waals surface area contributed by atoms with Crippen molar-refractivity contribution in [3.05, 3.63) is 30.1 Å². The summed E-state index contributed by atoms with van der Waals surface area (Å²) in [4.78, 5) is 25.9. The van der Waals surface area contributed by atoms with Gasteiger partial charge in [0.1, 0.15) is 10.8 Å². The van der Waals surface area contributed by atoms with Gasteiger partial charge in [0.25, 0.3) is 5.91 Å². The number of carbonyl (C=O) groups excluding carboxylic acids is 1. The summed E-state index contributed by atoms with van der Waals surface area (Å²) in [7, 11) is 0. The third-order valence-corrected chi connectivity index (χ3v) is 5.41. The quantitative estimate of drug-likeness (QED) is 0.394. The van der Waals surface area contributed by atoms with E-state index in [1.807, 2.05) is 12.5 Å². The lowest BCUT2D eigenvalue weighted by Crippen LogP contribution is -2.28. The normalized spacial score (nSPS) is 11.2. The number of amides is 1. The molecular weight excluding hydrogens is 406 g/mol. The van der Waals surface area contributed by atoms with Crippen LogP contribution < -0.4 is 10.6 Å². The molecule has 3 aromatic heterocycles. The molecule has 154 valence electrons. The summed E-state index contributed by atoms with van der Waals surface area (Å²) >= 11 is 2.95. The second-order valence-electron chi connectivity index (χ2n) is 6.75. The summed E-state index contributed by atoms with van der Waals surface area (Å²) in [5.74, 6) is 1.16. The second kappa shape index (κ2) is 9.93. The number of hydrogen-bond donors (Lipinski definition) is 2. The van der Waals surface area contributed by atoms with Gasteiger partial charge in [0.05, 0.1) is 23.7 Å². The maximum Gasteiger partial charge on any atom is 0.254 e. The molecule has 3 heterocycles. The molecule has 0 aliphatic rings. The van der Waals surface area contributed by atoms with E-state index in [0.717, 1.165) is 23.4 Å². The standard InChI is InChI=1S/C19H25N7OS2/c1-12(2)10-22-15-14-11-23-26(16(14)25-19(24-15)29-4)9-8-20-17(27)13-6-5-7-21-18(13)28-3/h5-7,11-12H,8-10H2,1-4H3,(H,20,27)(H,22,24,25). The molecule has 3 aromatic rings. The van der Waals surface area contributed by atoms with Gasteiger partial charge < -0.3 is 10.6 Å². The predicted molar refractivity (Wildman–Crippen MR) is 119 cm³/mol. The van der Waals surface area contributed by atoms with Crippen molar-refractivity contribution in [1.29, 1.82) is 0 Å². The average Bonchev–Trinajstić information content (AvgIpc) is 3.14. The van der Waals surface area contributed by atoms with Crippen LogP contribution >= 0.6 is 23.5 Å². The van der Waals surface area contributed by atoms with Gasteiger partial charge >= 0.3 is 0 Å².